The maximum atomic E-state index is 5.84. The topological polar surface area (TPSA) is 21.3 Å². The molecule has 2 rings (SSSR count). The second-order valence-corrected chi connectivity index (χ2v) is 4.27. The maximum absolute atomic E-state index is 5.84. The van der Waals surface area contributed by atoms with Crippen LogP contribution in [0.25, 0.3) is 0 Å². The summed E-state index contributed by atoms with van der Waals surface area (Å²) in [5.74, 6) is 0. The first-order valence-corrected chi connectivity index (χ1v) is 6.29. The largest absolute Gasteiger partial charge is 0.377 e. The van der Waals surface area contributed by atoms with Crippen molar-refractivity contribution in [3.8, 4) is 0 Å². The molecule has 0 radical (unpaired) electrons. The first-order chi connectivity index (χ1) is 7.86. The summed E-state index contributed by atoms with van der Waals surface area (Å²) < 4.78 is 5.84. The third-order valence-electron chi connectivity index (χ3n) is 3.26. The van der Waals surface area contributed by atoms with Crippen LogP contribution in [0.1, 0.15) is 37.4 Å². The van der Waals surface area contributed by atoms with Gasteiger partial charge in [-0.05, 0) is 37.4 Å². The zero-order valence-electron chi connectivity index (χ0n) is 10.2. The molecule has 0 aromatic heterocycles. The Kier molecular flexibility index (Phi) is 3.97. The number of fused-ring (bicyclic) bond motifs is 1. The van der Waals surface area contributed by atoms with E-state index in [0.717, 1.165) is 26.0 Å². The van der Waals surface area contributed by atoms with Crippen molar-refractivity contribution < 1.29 is 4.74 Å². The minimum absolute atomic E-state index is 0.333. The van der Waals surface area contributed by atoms with E-state index in [0.29, 0.717) is 12.1 Å². The van der Waals surface area contributed by atoms with Crippen LogP contribution in [-0.2, 0) is 11.2 Å². The van der Waals surface area contributed by atoms with Crippen LogP contribution in [0.2, 0.25) is 0 Å². The third kappa shape index (κ3) is 2.28. The van der Waals surface area contributed by atoms with E-state index in [-0.39, 0.29) is 0 Å². The fourth-order valence-electron chi connectivity index (χ4n) is 2.58. The van der Waals surface area contributed by atoms with Crippen LogP contribution in [0, 0.1) is 0 Å². The van der Waals surface area contributed by atoms with Crippen molar-refractivity contribution in [1.82, 2.24) is 5.32 Å². The van der Waals surface area contributed by atoms with Gasteiger partial charge in [0, 0.05) is 6.61 Å². The van der Waals surface area contributed by atoms with Gasteiger partial charge in [-0.3, -0.25) is 0 Å². The molecule has 0 fully saturated rings. The van der Waals surface area contributed by atoms with Crippen LogP contribution in [-0.4, -0.2) is 19.3 Å². The van der Waals surface area contributed by atoms with Gasteiger partial charge in [0.25, 0.3) is 0 Å². The lowest BCUT2D eigenvalue weighted by Crippen LogP contribution is -2.37. The summed E-state index contributed by atoms with van der Waals surface area (Å²) in [7, 11) is 0. The van der Waals surface area contributed by atoms with E-state index in [1.54, 1.807) is 0 Å². The maximum Gasteiger partial charge on any atom is 0.0772 e. The Hall–Kier alpha value is -0.860. The Morgan fingerprint density at radius 3 is 2.88 bits per heavy atom. The molecule has 0 heterocycles. The van der Waals surface area contributed by atoms with Crippen LogP contribution in [0.15, 0.2) is 24.3 Å². The van der Waals surface area contributed by atoms with Crippen molar-refractivity contribution in [3.05, 3.63) is 35.4 Å². The van der Waals surface area contributed by atoms with Gasteiger partial charge in [-0.25, -0.2) is 0 Å². The first-order valence-electron chi connectivity index (χ1n) is 6.29. The van der Waals surface area contributed by atoms with E-state index in [9.17, 15) is 0 Å². The number of likely N-dealkylation sites (N-methyl/N-ethyl adjacent to an activating group) is 1. The first kappa shape index (κ1) is 11.6. The quantitative estimate of drug-likeness (QED) is 0.840. The molecule has 0 saturated carbocycles. The van der Waals surface area contributed by atoms with Gasteiger partial charge in [0.2, 0.25) is 0 Å². The Morgan fingerprint density at radius 2 is 2.12 bits per heavy atom. The SMILES string of the molecule is CCNC1c2ccccc2CCC1OCC. The van der Waals surface area contributed by atoms with Gasteiger partial charge in [-0.1, -0.05) is 31.2 Å². The zero-order valence-corrected chi connectivity index (χ0v) is 10.2. The molecular formula is C14H21NO. The molecule has 2 atom stereocenters. The van der Waals surface area contributed by atoms with Crippen molar-refractivity contribution in [2.45, 2.75) is 38.8 Å². The lowest BCUT2D eigenvalue weighted by molar-refractivity contribution is 0.0238. The molecule has 1 aliphatic rings. The fourth-order valence-corrected chi connectivity index (χ4v) is 2.58. The second-order valence-electron chi connectivity index (χ2n) is 4.27. The van der Waals surface area contributed by atoms with E-state index in [1.807, 2.05) is 0 Å². The predicted molar refractivity (Wildman–Crippen MR) is 66.6 cm³/mol. The number of hydrogen-bond acceptors (Lipinski definition) is 2. The van der Waals surface area contributed by atoms with Crippen molar-refractivity contribution >= 4 is 0 Å². The van der Waals surface area contributed by atoms with E-state index in [1.165, 1.54) is 11.1 Å². The third-order valence-corrected chi connectivity index (χ3v) is 3.26. The number of aryl methyl sites for hydroxylation is 1. The number of hydrogen-bond donors (Lipinski definition) is 1. The summed E-state index contributed by atoms with van der Waals surface area (Å²) in [5.41, 5.74) is 2.90. The van der Waals surface area contributed by atoms with Gasteiger partial charge in [0.1, 0.15) is 0 Å². The van der Waals surface area contributed by atoms with E-state index >= 15 is 0 Å². The standard InChI is InChI=1S/C14H21NO/c1-3-15-14-12-8-6-5-7-11(12)9-10-13(14)16-4-2/h5-8,13-15H,3-4,9-10H2,1-2H3. The minimum atomic E-state index is 0.333. The molecule has 16 heavy (non-hydrogen) atoms. The lowest BCUT2D eigenvalue weighted by Gasteiger charge is -2.33. The predicted octanol–water partition coefficient (Wildman–Crippen LogP) is 2.69. The minimum Gasteiger partial charge on any atom is -0.377 e. The highest BCUT2D eigenvalue weighted by molar-refractivity contribution is 5.33. The molecule has 0 spiro atoms. The number of ether oxygens (including phenoxy) is 1. The normalized spacial score (nSPS) is 24.1. The molecule has 0 amide bonds. The van der Waals surface area contributed by atoms with Gasteiger partial charge in [0.05, 0.1) is 12.1 Å². The van der Waals surface area contributed by atoms with Crippen LogP contribution >= 0.6 is 0 Å². The average Bonchev–Trinajstić information content (AvgIpc) is 2.32. The van der Waals surface area contributed by atoms with E-state index in [2.05, 4.69) is 43.4 Å². The summed E-state index contributed by atoms with van der Waals surface area (Å²) in [6.07, 6.45) is 2.60. The highest BCUT2D eigenvalue weighted by Crippen LogP contribution is 2.31. The summed E-state index contributed by atoms with van der Waals surface area (Å²) in [6.45, 7) is 6.01. The van der Waals surface area contributed by atoms with Crippen molar-refractivity contribution in [1.29, 1.82) is 0 Å². The molecule has 0 aliphatic heterocycles. The average molecular weight is 219 g/mol. The molecule has 0 bridgehead atoms. The number of benzene rings is 1. The van der Waals surface area contributed by atoms with Gasteiger partial charge >= 0.3 is 0 Å². The number of nitrogens with one attached hydrogen (secondary N) is 1. The Morgan fingerprint density at radius 1 is 1.31 bits per heavy atom. The summed E-state index contributed by atoms with van der Waals surface area (Å²) in [6, 6.07) is 9.09. The monoisotopic (exact) mass is 219 g/mol. The molecule has 2 heteroatoms. The fraction of sp³-hybridized carbons (Fsp3) is 0.571. The Bertz CT molecular complexity index is 337. The molecule has 1 aromatic rings. The van der Waals surface area contributed by atoms with E-state index in [4.69, 9.17) is 4.74 Å². The second kappa shape index (κ2) is 5.46. The Balaban J connectivity index is 2.24. The zero-order chi connectivity index (χ0) is 11.4. The molecule has 2 unspecified atom stereocenters. The van der Waals surface area contributed by atoms with Crippen molar-refractivity contribution in [2.75, 3.05) is 13.2 Å². The van der Waals surface area contributed by atoms with Gasteiger partial charge in [-0.15, -0.1) is 0 Å². The highest BCUT2D eigenvalue weighted by Gasteiger charge is 2.28. The molecule has 1 N–H and O–H groups in total. The van der Waals surface area contributed by atoms with Gasteiger partial charge in [-0.2, -0.15) is 0 Å². The van der Waals surface area contributed by atoms with Crippen LogP contribution in [0.5, 0.6) is 0 Å². The van der Waals surface area contributed by atoms with Gasteiger partial charge < -0.3 is 10.1 Å². The molecule has 1 aromatic carbocycles. The smallest absolute Gasteiger partial charge is 0.0772 e. The summed E-state index contributed by atoms with van der Waals surface area (Å²) in [5, 5.41) is 3.55. The summed E-state index contributed by atoms with van der Waals surface area (Å²) in [4.78, 5) is 0. The molecular weight excluding hydrogens is 198 g/mol. The van der Waals surface area contributed by atoms with E-state index < -0.39 is 0 Å². The molecule has 0 saturated heterocycles. The summed E-state index contributed by atoms with van der Waals surface area (Å²) >= 11 is 0. The Labute approximate surface area is 98.0 Å². The van der Waals surface area contributed by atoms with Crippen molar-refractivity contribution in [2.24, 2.45) is 0 Å². The molecule has 2 nitrogen and oxygen atoms in total. The van der Waals surface area contributed by atoms with Crippen LogP contribution < -0.4 is 5.32 Å². The van der Waals surface area contributed by atoms with Gasteiger partial charge in [0.15, 0.2) is 0 Å². The highest BCUT2D eigenvalue weighted by atomic mass is 16.5. The van der Waals surface area contributed by atoms with Crippen LogP contribution in [0.3, 0.4) is 0 Å². The van der Waals surface area contributed by atoms with Crippen molar-refractivity contribution in [3.63, 3.8) is 0 Å². The lowest BCUT2D eigenvalue weighted by atomic mass is 9.85. The molecule has 1 aliphatic carbocycles. The molecule has 88 valence electrons. The van der Waals surface area contributed by atoms with Crippen LogP contribution in [0.4, 0.5) is 0 Å². The number of rotatable bonds is 4.